The summed E-state index contributed by atoms with van der Waals surface area (Å²) in [6.45, 7) is 3.28. The van der Waals surface area contributed by atoms with Crippen LogP contribution in [0.1, 0.15) is 23.4 Å². The van der Waals surface area contributed by atoms with Crippen molar-refractivity contribution in [1.82, 2.24) is 19.8 Å². The molecule has 1 saturated carbocycles. The molecule has 0 aromatic carbocycles. The number of rotatable bonds is 4. The molecule has 3 atom stereocenters. The number of aromatic nitrogens is 2. The number of nitrogens with one attached hydrogen (secondary N) is 1. The van der Waals surface area contributed by atoms with Crippen molar-refractivity contribution in [2.24, 2.45) is 17.8 Å². The Labute approximate surface area is 123 Å². The van der Waals surface area contributed by atoms with Gasteiger partial charge < -0.3 is 10.2 Å². The number of hydrogen-bond acceptors (Lipinski definition) is 4. The normalized spacial score (nSPS) is 27.0. The van der Waals surface area contributed by atoms with E-state index in [1.165, 1.54) is 24.4 Å². The maximum Gasteiger partial charge on any atom is 0.317 e. The van der Waals surface area contributed by atoms with Gasteiger partial charge in [0, 0.05) is 13.6 Å². The number of carbonyl (C=O) groups is 1. The molecule has 2 aliphatic rings. The first kappa shape index (κ1) is 13.5. The number of allylic oxidation sites excluding steroid dienone is 2. The monoisotopic (exact) mass is 292 g/mol. The minimum atomic E-state index is -0.00967. The highest BCUT2D eigenvalue weighted by atomic mass is 32.1. The van der Waals surface area contributed by atoms with Crippen LogP contribution in [0.4, 0.5) is 4.79 Å². The maximum absolute atomic E-state index is 12.1. The first-order valence-corrected chi connectivity index (χ1v) is 7.86. The zero-order valence-electron chi connectivity index (χ0n) is 11.9. The van der Waals surface area contributed by atoms with Crippen LogP contribution in [0.15, 0.2) is 12.2 Å². The zero-order valence-corrected chi connectivity index (χ0v) is 12.7. The fourth-order valence-corrected chi connectivity index (χ4v) is 3.85. The molecule has 0 radical (unpaired) electrons. The van der Waals surface area contributed by atoms with Gasteiger partial charge in [0.25, 0.3) is 0 Å². The molecule has 2 amide bonds. The molecule has 108 valence electrons. The first-order valence-electron chi connectivity index (χ1n) is 7.08. The fourth-order valence-electron chi connectivity index (χ4n) is 3.17. The lowest BCUT2D eigenvalue weighted by atomic mass is 9.94. The molecule has 1 N–H and O–H groups in total. The van der Waals surface area contributed by atoms with Gasteiger partial charge in [-0.15, -0.1) is 5.10 Å². The van der Waals surface area contributed by atoms with E-state index in [0.29, 0.717) is 18.4 Å². The summed E-state index contributed by atoms with van der Waals surface area (Å²) in [5.41, 5.74) is 0.910. The summed E-state index contributed by atoms with van der Waals surface area (Å²) < 4.78 is 3.89. The number of fused-ring (bicyclic) bond motifs is 2. The molecule has 0 unspecified atom stereocenters. The topological polar surface area (TPSA) is 58.1 Å². The van der Waals surface area contributed by atoms with E-state index in [0.717, 1.165) is 23.0 Å². The number of aryl methyl sites for hydroxylation is 1. The average molecular weight is 292 g/mol. The van der Waals surface area contributed by atoms with Crippen LogP contribution in [0.25, 0.3) is 0 Å². The number of amides is 2. The van der Waals surface area contributed by atoms with E-state index >= 15 is 0 Å². The fraction of sp³-hybridized carbons (Fsp3) is 0.643. The van der Waals surface area contributed by atoms with Crippen molar-refractivity contribution in [3.05, 3.63) is 22.7 Å². The highest BCUT2D eigenvalue weighted by Gasteiger charge is 2.35. The largest absolute Gasteiger partial charge is 0.338 e. The molecule has 5 nitrogen and oxygen atoms in total. The van der Waals surface area contributed by atoms with Crippen molar-refractivity contribution < 1.29 is 4.79 Å². The summed E-state index contributed by atoms with van der Waals surface area (Å²) in [6.07, 6.45) is 7.15. The summed E-state index contributed by atoms with van der Waals surface area (Å²) >= 11 is 1.36. The smallest absolute Gasteiger partial charge is 0.317 e. The van der Waals surface area contributed by atoms with Crippen molar-refractivity contribution in [2.75, 3.05) is 13.6 Å². The Kier molecular flexibility index (Phi) is 3.74. The van der Waals surface area contributed by atoms with E-state index in [1.54, 1.807) is 4.90 Å². The minimum absolute atomic E-state index is 0.00967. The summed E-state index contributed by atoms with van der Waals surface area (Å²) in [6, 6.07) is -0.00967. The van der Waals surface area contributed by atoms with Crippen molar-refractivity contribution in [3.63, 3.8) is 0 Å². The third kappa shape index (κ3) is 2.70. The second-order valence-corrected chi connectivity index (χ2v) is 6.70. The molecule has 2 aliphatic carbocycles. The molecule has 3 rings (SSSR count). The van der Waals surface area contributed by atoms with Crippen molar-refractivity contribution >= 4 is 17.6 Å². The molecule has 2 bridgehead atoms. The van der Waals surface area contributed by atoms with E-state index in [1.807, 2.05) is 14.0 Å². The maximum atomic E-state index is 12.1. The van der Waals surface area contributed by atoms with Crippen LogP contribution in [0, 0.1) is 24.7 Å². The van der Waals surface area contributed by atoms with Gasteiger partial charge in [0.2, 0.25) is 0 Å². The SMILES string of the molecule is Cc1nnsc1CN(C)C(=O)NC[C@@H]1C[C@@H]2C=C[C@H]1C2. The summed E-state index contributed by atoms with van der Waals surface area (Å²) in [5.74, 6) is 2.05. The molecule has 1 aromatic heterocycles. The van der Waals surface area contributed by atoms with Gasteiger partial charge in [0.1, 0.15) is 0 Å². The molecule has 20 heavy (non-hydrogen) atoms. The average Bonchev–Trinajstić information content (AvgIpc) is 3.13. The van der Waals surface area contributed by atoms with Crippen molar-refractivity contribution in [3.8, 4) is 0 Å². The summed E-state index contributed by atoms with van der Waals surface area (Å²) in [7, 11) is 1.81. The van der Waals surface area contributed by atoms with Crippen LogP contribution in [-0.2, 0) is 6.54 Å². The quantitative estimate of drug-likeness (QED) is 0.866. The predicted molar refractivity (Wildman–Crippen MR) is 78.4 cm³/mol. The minimum Gasteiger partial charge on any atom is -0.338 e. The highest BCUT2D eigenvalue weighted by molar-refractivity contribution is 7.05. The molecule has 0 aliphatic heterocycles. The van der Waals surface area contributed by atoms with Crippen molar-refractivity contribution in [2.45, 2.75) is 26.3 Å². The Bertz CT molecular complexity index is 527. The van der Waals surface area contributed by atoms with Crippen LogP contribution in [0.3, 0.4) is 0 Å². The number of urea groups is 1. The third-order valence-corrected chi connectivity index (χ3v) is 5.21. The van der Waals surface area contributed by atoms with Crippen LogP contribution < -0.4 is 5.32 Å². The molecular formula is C14H20N4OS. The van der Waals surface area contributed by atoms with Gasteiger partial charge in [-0.3, -0.25) is 0 Å². The van der Waals surface area contributed by atoms with Gasteiger partial charge in [-0.05, 0) is 49.1 Å². The second kappa shape index (κ2) is 5.52. The Morgan fingerprint density at radius 3 is 2.95 bits per heavy atom. The van der Waals surface area contributed by atoms with Gasteiger partial charge in [0.15, 0.2) is 0 Å². The molecular weight excluding hydrogens is 272 g/mol. The Morgan fingerprint density at radius 1 is 1.50 bits per heavy atom. The molecule has 0 spiro atoms. The summed E-state index contributed by atoms with van der Waals surface area (Å²) in [4.78, 5) is 14.9. The van der Waals surface area contributed by atoms with E-state index in [-0.39, 0.29) is 6.03 Å². The lowest BCUT2D eigenvalue weighted by Gasteiger charge is -2.22. The number of hydrogen-bond donors (Lipinski definition) is 1. The molecule has 1 aromatic rings. The Hall–Kier alpha value is -1.43. The molecule has 0 saturated heterocycles. The zero-order chi connectivity index (χ0) is 14.1. The van der Waals surface area contributed by atoms with E-state index in [9.17, 15) is 4.79 Å². The van der Waals surface area contributed by atoms with Gasteiger partial charge in [-0.1, -0.05) is 16.6 Å². The number of nitrogens with zero attached hydrogens (tertiary/aromatic N) is 3. The van der Waals surface area contributed by atoms with Gasteiger partial charge in [-0.25, -0.2) is 4.79 Å². The van der Waals surface area contributed by atoms with E-state index in [4.69, 9.17) is 0 Å². The van der Waals surface area contributed by atoms with Gasteiger partial charge in [0.05, 0.1) is 17.1 Å². The van der Waals surface area contributed by atoms with Crippen LogP contribution in [0.5, 0.6) is 0 Å². The predicted octanol–water partition coefficient (Wildman–Crippen LogP) is 2.20. The third-order valence-electron chi connectivity index (χ3n) is 4.40. The lowest BCUT2D eigenvalue weighted by Crippen LogP contribution is -2.39. The van der Waals surface area contributed by atoms with E-state index < -0.39 is 0 Å². The lowest BCUT2D eigenvalue weighted by molar-refractivity contribution is 0.204. The Morgan fingerprint density at radius 2 is 2.35 bits per heavy atom. The number of carbonyl (C=O) groups excluding carboxylic acids is 1. The molecule has 1 heterocycles. The van der Waals surface area contributed by atoms with Crippen molar-refractivity contribution in [1.29, 1.82) is 0 Å². The molecule has 1 fully saturated rings. The van der Waals surface area contributed by atoms with Gasteiger partial charge in [-0.2, -0.15) is 0 Å². The van der Waals surface area contributed by atoms with Crippen LogP contribution in [-0.4, -0.2) is 34.1 Å². The first-order chi connectivity index (χ1) is 9.63. The summed E-state index contributed by atoms with van der Waals surface area (Å²) in [5, 5.41) is 7.02. The van der Waals surface area contributed by atoms with Crippen LogP contribution >= 0.6 is 11.5 Å². The Balaban J connectivity index is 1.47. The standard InChI is InChI=1S/C14H20N4OS/c1-9-13(20-17-16-9)8-18(2)14(19)15-7-12-6-10-3-4-11(12)5-10/h3-4,10-12H,5-8H2,1-2H3,(H,15,19)/t10-,11+,12+/m1/s1. The highest BCUT2D eigenvalue weighted by Crippen LogP contribution is 2.42. The van der Waals surface area contributed by atoms with Crippen LogP contribution in [0.2, 0.25) is 0 Å². The molecule has 6 heteroatoms. The van der Waals surface area contributed by atoms with Gasteiger partial charge >= 0.3 is 6.03 Å². The second-order valence-electron chi connectivity index (χ2n) is 5.86. The van der Waals surface area contributed by atoms with E-state index in [2.05, 4.69) is 27.1 Å².